The van der Waals surface area contributed by atoms with Crippen LogP contribution in [0.15, 0.2) is 58.5 Å². The van der Waals surface area contributed by atoms with Gasteiger partial charge < -0.3 is 0 Å². The Kier molecular flexibility index (Phi) is 7.64. The van der Waals surface area contributed by atoms with Gasteiger partial charge in [0, 0.05) is 11.1 Å². The van der Waals surface area contributed by atoms with Crippen LogP contribution in [0.5, 0.6) is 0 Å². The molecule has 0 spiro atoms. The van der Waals surface area contributed by atoms with Gasteiger partial charge in [0.2, 0.25) is 10.0 Å². The lowest BCUT2D eigenvalue weighted by atomic mass is 9.95. The number of rotatable bonds is 7. The van der Waals surface area contributed by atoms with Crippen LogP contribution in [0.4, 0.5) is 0 Å². The molecule has 3 rings (SSSR count). The van der Waals surface area contributed by atoms with E-state index in [1.165, 1.54) is 16.4 Å². The van der Waals surface area contributed by atoms with Crippen LogP contribution in [0.25, 0.3) is 0 Å². The number of nitrogens with zero attached hydrogens (tertiary/aromatic N) is 2. The summed E-state index contributed by atoms with van der Waals surface area (Å²) in [5, 5.41) is 4.44. The van der Waals surface area contributed by atoms with Gasteiger partial charge in [-0.05, 0) is 49.6 Å². The lowest BCUT2D eigenvalue weighted by Gasteiger charge is -2.32. The van der Waals surface area contributed by atoms with E-state index in [0.717, 1.165) is 43.2 Å². The lowest BCUT2D eigenvalue weighted by molar-refractivity contribution is -0.121. The fourth-order valence-electron chi connectivity index (χ4n) is 3.63. The molecule has 0 saturated heterocycles. The topological polar surface area (TPSA) is 78.8 Å². The molecule has 1 saturated carbocycles. The van der Waals surface area contributed by atoms with Gasteiger partial charge in [-0.2, -0.15) is 9.41 Å². The Morgan fingerprint density at radius 3 is 2.53 bits per heavy atom. The largest absolute Gasteiger partial charge is 0.272 e. The van der Waals surface area contributed by atoms with Gasteiger partial charge in [0.15, 0.2) is 0 Å². The van der Waals surface area contributed by atoms with Gasteiger partial charge in [0.1, 0.15) is 0 Å². The van der Waals surface area contributed by atoms with Gasteiger partial charge in [0.05, 0.1) is 17.7 Å². The molecule has 1 N–H and O–H groups in total. The molecule has 160 valence electrons. The van der Waals surface area contributed by atoms with Crippen molar-refractivity contribution in [3.8, 4) is 0 Å². The quantitative estimate of drug-likeness (QED) is 0.512. The Morgan fingerprint density at radius 1 is 1.17 bits per heavy atom. The number of hydrogen-bond acceptors (Lipinski definition) is 4. The van der Waals surface area contributed by atoms with Crippen molar-refractivity contribution in [1.82, 2.24) is 9.73 Å². The second-order valence-corrected chi connectivity index (χ2v) is 9.83. The molecule has 0 bridgehead atoms. The maximum absolute atomic E-state index is 13.3. The maximum Gasteiger partial charge on any atom is 0.255 e. The van der Waals surface area contributed by atoms with Crippen molar-refractivity contribution in [2.45, 2.75) is 50.0 Å². The summed E-state index contributed by atoms with van der Waals surface area (Å²) in [6, 6.07) is 13.5. The normalized spacial score (nSPS) is 15.6. The minimum absolute atomic E-state index is 0.133. The Morgan fingerprint density at radius 2 is 1.87 bits per heavy atom. The van der Waals surface area contributed by atoms with E-state index < -0.39 is 15.9 Å². The molecule has 2 aromatic carbocycles. The van der Waals surface area contributed by atoms with Crippen molar-refractivity contribution in [2.75, 3.05) is 6.54 Å². The second-order valence-electron chi connectivity index (χ2n) is 7.50. The fraction of sp³-hybridized carbons (Fsp3) is 0.364. The molecule has 0 unspecified atom stereocenters. The number of carbonyl (C=O) groups is 1. The van der Waals surface area contributed by atoms with E-state index in [4.69, 9.17) is 11.6 Å². The molecule has 1 aliphatic carbocycles. The average molecular weight is 448 g/mol. The summed E-state index contributed by atoms with van der Waals surface area (Å²) in [6.07, 6.45) is 6.01. The van der Waals surface area contributed by atoms with Crippen molar-refractivity contribution < 1.29 is 13.2 Å². The van der Waals surface area contributed by atoms with Crippen LogP contribution in [0.1, 0.15) is 43.2 Å². The summed E-state index contributed by atoms with van der Waals surface area (Å²) in [6.45, 7) is 1.69. The minimum Gasteiger partial charge on any atom is -0.272 e. The molecular weight excluding hydrogens is 422 g/mol. The van der Waals surface area contributed by atoms with Gasteiger partial charge in [-0.3, -0.25) is 4.79 Å². The molecule has 0 aliphatic heterocycles. The first-order chi connectivity index (χ1) is 14.4. The Balaban J connectivity index is 1.75. The number of amides is 1. The van der Waals surface area contributed by atoms with Crippen LogP contribution in [0, 0.1) is 6.92 Å². The molecule has 1 amide bonds. The van der Waals surface area contributed by atoms with Crippen LogP contribution >= 0.6 is 11.6 Å². The monoisotopic (exact) mass is 447 g/mol. The summed E-state index contributed by atoms with van der Waals surface area (Å²) in [7, 11) is -3.83. The third-order valence-electron chi connectivity index (χ3n) is 5.15. The standard InChI is InChI=1S/C22H26ClN3O3S/c1-17-6-5-7-18(14-17)15-24-25-22(27)16-26(20-8-3-2-4-9-20)30(28,29)21-12-10-19(23)11-13-21/h5-7,10-15,20H,2-4,8-9,16H2,1H3,(H,25,27)/b24-15-. The summed E-state index contributed by atoms with van der Waals surface area (Å²) in [5.41, 5.74) is 4.40. The summed E-state index contributed by atoms with van der Waals surface area (Å²) < 4.78 is 27.9. The zero-order chi connectivity index (χ0) is 21.6. The van der Waals surface area contributed by atoms with Gasteiger partial charge in [-0.25, -0.2) is 13.8 Å². The molecule has 1 aliphatic rings. The number of sulfonamides is 1. The van der Waals surface area contributed by atoms with E-state index in [1.54, 1.807) is 18.3 Å². The smallest absolute Gasteiger partial charge is 0.255 e. The molecule has 1 fully saturated rings. The predicted molar refractivity (Wildman–Crippen MR) is 119 cm³/mol. The van der Waals surface area contributed by atoms with Crippen molar-refractivity contribution in [3.05, 3.63) is 64.7 Å². The van der Waals surface area contributed by atoms with E-state index in [2.05, 4.69) is 10.5 Å². The highest BCUT2D eigenvalue weighted by molar-refractivity contribution is 7.89. The highest BCUT2D eigenvalue weighted by atomic mass is 35.5. The van der Waals surface area contributed by atoms with Gasteiger partial charge in [-0.15, -0.1) is 0 Å². The van der Waals surface area contributed by atoms with Crippen LogP contribution in [-0.4, -0.2) is 37.4 Å². The summed E-state index contributed by atoms with van der Waals surface area (Å²) >= 11 is 5.90. The van der Waals surface area contributed by atoms with Crippen molar-refractivity contribution in [3.63, 3.8) is 0 Å². The highest BCUT2D eigenvalue weighted by Gasteiger charge is 2.33. The van der Waals surface area contributed by atoms with Crippen molar-refractivity contribution in [2.24, 2.45) is 5.10 Å². The van der Waals surface area contributed by atoms with E-state index in [1.807, 2.05) is 31.2 Å². The van der Waals surface area contributed by atoms with Crippen LogP contribution < -0.4 is 5.43 Å². The lowest BCUT2D eigenvalue weighted by Crippen LogP contribution is -2.46. The zero-order valence-electron chi connectivity index (χ0n) is 16.9. The highest BCUT2D eigenvalue weighted by Crippen LogP contribution is 2.28. The first-order valence-corrected chi connectivity index (χ1v) is 11.8. The second kappa shape index (κ2) is 10.2. The maximum atomic E-state index is 13.3. The van der Waals surface area contributed by atoms with Crippen molar-refractivity contribution in [1.29, 1.82) is 0 Å². The Hall–Kier alpha value is -2.22. The third kappa shape index (κ3) is 5.90. The van der Waals surface area contributed by atoms with Crippen molar-refractivity contribution >= 4 is 33.7 Å². The SMILES string of the molecule is Cc1cccc(/C=N\NC(=O)CN(C2CCCCC2)S(=O)(=O)c2ccc(Cl)cc2)c1. The molecule has 0 radical (unpaired) electrons. The van der Waals surface area contributed by atoms with Crippen LogP contribution in [-0.2, 0) is 14.8 Å². The first kappa shape index (κ1) is 22.5. The summed E-state index contributed by atoms with van der Waals surface area (Å²) in [4.78, 5) is 12.7. The molecule has 6 nitrogen and oxygen atoms in total. The molecule has 0 atom stereocenters. The molecule has 2 aromatic rings. The van der Waals surface area contributed by atoms with E-state index in [9.17, 15) is 13.2 Å². The first-order valence-electron chi connectivity index (χ1n) is 10.0. The fourth-order valence-corrected chi connectivity index (χ4v) is 5.39. The van der Waals surface area contributed by atoms with Crippen LogP contribution in [0.3, 0.4) is 0 Å². The average Bonchev–Trinajstić information content (AvgIpc) is 2.73. The van der Waals surface area contributed by atoms with E-state index in [-0.39, 0.29) is 17.5 Å². The third-order valence-corrected chi connectivity index (χ3v) is 7.31. The molecule has 0 heterocycles. The number of benzene rings is 2. The number of carbonyl (C=O) groups excluding carboxylic acids is 1. The number of nitrogens with one attached hydrogen (secondary N) is 1. The molecule has 30 heavy (non-hydrogen) atoms. The number of halogens is 1. The minimum atomic E-state index is -3.83. The Labute approximate surface area is 183 Å². The number of hydrazone groups is 1. The molecule has 8 heteroatoms. The van der Waals surface area contributed by atoms with Crippen LogP contribution in [0.2, 0.25) is 5.02 Å². The van der Waals surface area contributed by atoms with Gasteiger partial charge >= 0.3 is 0 Å². The number of hydrogen-bond donors (Lipinski definition) is 1. The van der Waals surface area contributed by atoms with E-state index in [0.29, 0.717) is 5.02 Å². The Bertz CT molecular complexity index is 1000. The van der Waals surface area contributed by atoms with Gasteiger partial charge in [-0.1, -0.05) is 60.7 Å². The predicted octanol–water partition coefficient (Wildman–Crippen LogP) is 4.12. The zero-order valence-corrected chi connectivity index (χ0v) is 18.5. The van der Waals surface area contributed by atoms with E-state index >= 15 is 0 Å². The molecule has 0 aromatic heterocycles. The van der Waals surface area contributed by atoms with Gasteiger partial charge in [0.25, 0.3) is 5.91 Å². The molecular formula is C22H26ClN3O3S. The number of aryl methyl sites for hydroxylation is 1. The summed E-state index contributed by atoms with van der Waals surface area (Å²) in [5.74, 6) is -0.470.